The maximum atomic E-state index is 5.89. The summed E-state index contributed by atoms with van der Waals surface area (Å²) in [6, 6.07) is 14.0. The molecule has 4 aromatic rings. The Morgan fingerprint density at radius 2 is 1.94 bits per heavy atom. The lowest BCUT2D eigenvalue weighted by molar-refractivity contribution is 0.235. The van der Waals surface area contributed by atoms with Gasteiger partial charge in [-0.2, -0.15) is 0 Å². The number of hydrogen-bond donors (Lipinski definition) is 0. The van der Waals surface area contributed by atoms with Gasteiger partial charge in [-0.15, -0.1) is 20.4 Å². The first kappa shape index (κ1) is 19.8. The molecule has 4 atom stereocenters. The molecule has 2 saturated carbocycles. The molecule has 7 nitrogen and oxygen atoms in total. The highest BCUT2D eigenvalue weighted by Gasteiger charge is 2.43. The highest BCUT2D eigenvalue weighted by molar-refractivity contribution is 7.98. The predicted molar refractivity (Wildman–Crippen MR) is 121 cm³/mol. The summed E-state index contributed by atoms with van der Waals surface area (Å²) in [7, 11) is 0. The van der Waals surface area contributed by atoms with Gasteiger partial charge in [0.25, 0.3) is 0 Å². The Hall–Kier alpha value is -2.87. The fraction of sp³-hybridized carbons (Fsp3) is 0.417. The lowest BCUT2D eigenvalue weighted by Gasteiger charge is -2.30. The van der Waals surface area contributed by atoms with Crippen LogP contribution in [0.2, 0.25) is 0 Å². The molecule has 0 unspecified atom stereocenters. The van der Waals surface area contributed by atoms with E-state index >= 15 is 0 Å². The van der Waals surface area contributed by atoms with Crippen molar-refractivity contribution in [2.45, 2.75) is 49.6 Å². The first-order valence-corrected chi connectivity index (χ1v) is 12.2. The second kappa shape index (κ2) is 8.24. The standard InChI is InChI=1S/C24H25N5O2S/c1-15(19-13-16-9-10-18(19)12-16)29-22(20-8-5-11-30-20)26-28-24(29)32-14-21-25-27-23(31-21)17-6-3-2-4-7-17/h2-8,11,15-16,18-19H,9-10,12-14H2,1H3/t15-,16-,18-,19+/m0/s1. The molecule has 1 aromatic carbocycles. The van der Waals surface area contributed by atoms with E-state index in [9.17, 15) is 0 Å². The SMILES string of the molecule is C[C@@H]([C@H]1C[C@H]2CC[C@H]1C2)n1c(SCc2nnc(-c3ccccc3)o2)nnc1-c1ccco1. The van der Waals surface area contributed by atoms with Crippen LogP contribution in [0.1, 0.15) is 44.5 Å². The van der Waals surface area contributed by atoms with E-state index in [-0.39, 0.29) is 0 Å². The third kappa shape index (κ3) is 3.56. The summed E-state index contributed by atoms with van der Waals surface area (Å²) in [5.41, 5.74) is 0.921. The number of fused-ring (bicyclic) bond motifs is 2. The van der Waals surface area contributed by atoms with Crippen molar-refractivity contribution >= 4 is 11.8 Å². The monoisotopic (exact) mass is 447 g/mol. The molecule has 8 heteroatoms. The minimum atomic E-state index is 0.311. The van der Waals surface area contributed by atoms with E-state index in [1.807, 2.05) is 42.5 Å². The van der Waals surface area contributed by atoms with Gasteiger partial charge in [-0.3, -0.25) is 4.57 Å². The topological polar surface area (TPSA) is 82.8 Å². The van der Waals surface area contributed by atoms with E-state index in [2.05, 4.69) is 31.9 Å². The van der Waals surface area contributed by atoms with E-state index in [1.165, 1.54) is 25.7 Å². The number of furan rings is 1. The fourth-order valence-corrected chi connectivity index (χ4v) is 6.39. The normalized spacial score (nSPS) is 23.1. The quantitative estimate of drug-likeness (QED) is 0.327. The van der Waals surface area contributed by atoms with Gasteiger partial charge in [0.1, 0.15) is 0 Å². The van der Waals surface area contributed by atoms with Gasteiger partial charge in [0, 0.05) is 11.6 Å². The van der Waals surface area contributed by atoms with Crippen LogP contribution < -0.4 is 0 Å². The summed E-state index contributed by atoms with van der Waals surface area (Å²) in [5.74, 6) is 5.56. The Bertz CT molecular complexity index is 1190. The molecule has 6 rings (SSSR count). The summed E-state index contributed by atoms with van der Waals surface area (Å²) >= 11 is 1.59. The highest BCUT2D eigenvalue weighted by atomic mass is 32.2. The number of hydrogen-bond acceptors (Lipinski definition) is 7. The highest BCUT2D eigenvalue weighted by Crippen LogP contribution is 2.53. The van der Waals surface area contributed by atoms with E-state index in [0.717, 1.165) is 34.1 Å². The number of benzene rings is 1. The van der Waals surface area contributed by atoms with Gasteiger partial charge in [0.2, 0.25) is 17.6 Å². The Kier molecular flexibility index (Phi) is 5.09. The molecule has 2 bridgehead atoms. The van der Waals surface area contributed by atoms with Crippen LogP contribution in [0.4, 0.5) is 0 Å². The zero-order valence-corrected chi connectivity index (χ0v) is 18.7. The Labute approximate surface area is 190 Å². The molecule has 164 valence electrons. The number of aromatic nitrogens is 5. The zero-order chi connectivity index (χ0) is 21.5. The van der Waals surface area contributed by atoms with Crippen LogP contribution in [-0.2, 0) is 5.75 Å². The van der Waals surface area contributed by atoms with Crippen LogP contribution in [-0.4, -0.2) is 25.0 Å². The van der Waals surface area contributed by atoms with E-state index in [0.29, 0.717) is 29.5 Å². The van der Waals surface area contributed by atoms with Crippen LogP contribution in [0.3, 0.4) is 0 Å². The molecule has 2 fully saturated rings. The minimum Gasteiger partial charge on any atom is -0.461 e. The molecule has 0 N–H and O–H groups in total. The first-order valence-electron chi connectivity index (χ1n) is 11.3. The van der Waals surface area contributed by atoms with Crippen molar-refractivity contribution in [3.63, 3.8) is 0 Å². The van der Waals surface area contributed by atoms with Crippen molar-refractivity contribution in [2.24, 2.45) is 17.8 Å². The number of nitrogens with zero attached hydrogens (tertiary/aromatic N) is 5. The molecule has 0 saturated heterocycles. The molecule has 0 spiro atoms. The average molecular weight is 448 g/mol. The predicted octanol–water partition coefficient (Wildman–Crippen LogP) is 5.88. The number of thioether (sulfide) groups is 1. The fourth-order valence-electron chi connectivity index (χ4n) is 5.53. The van der Waals surface area contributed by atoms with Crippen LogP contribution in [0, 0.1) is 17.8 Å². The molecule has 3 heterocycles. The molecular formula is C24H25N5O2S. The van der Waals surface area contributed by atoms with Gasteiger partial charge in [0.15, 0.2) is 10.9 Å². The second-order valence-corrected chi connectivity index (χ2v) is 9.83. The Balaban J connectivity index is 1.26. The molecule has 3 aromatic heterocycles. The van der Waals surface area contributed by atoms with Crippen LogP contribution in [0.15, 0.2) is 62.7 Å². The van der Waals surface area contributed by atoms with Gasteiger partial charge in [-0.25, -0.2) is 0 Å². The molecule has 2 aliphatic rings. The maximum Gasteiger partial charge on any atom is 0.247 e. The molecule has 32 heavy (non-hydrogen) atoms. The third-order valence-electron chi connectivity index (χ3n) is 7.04. The van der Waals surface area contributed by atoms with Gasteiger partial charge in [0.05, 0.1) is 12.0 Å². The van der Waals surface area contributed by atoms with E-state index < -0.39 is 0 Å². The molecule has 0 amide bonds. The van der Waals surface area contributed by atoms with Gasteiger partial charge < -0.3 is 8.83 Å². The first-order chi connectivity index (χ1) is 15.8. The number of rotatable bonds is 7. The summed E-state index contributed by atoms with van der Waals surface area (Å²) < 4.78 is 13.8. The molecular weight excluding hydrogens is 422 g/mol. The maximum absolute atomic E-state index is 5.89. The van der Waals surface area contributed by atoms with Gasteiger partial charge in [-0.05, 0) is 68.2 Å². The summed E-state index contributed by atoms with van der Waals surface area (Å²) in [5, 5.41) is 18.3. The minimum absolute atomic E-state index is 0.311. The van der Waals surface area contributed by atoms with Crippen LogP contribution in [0.25, 0.3) is 23.0 Å². The van der Waals surface area contributed by atoms with Crippen LogP contribution in [0.5, 0.6) is 0 Å². The lowest BCUT2D eigenvalue weighted by Crippen LogP contribution is -2.23. The Morgan fingerprint density at radius 1 is 1.03 bits per heavy atom. The zero-order valence-electron chi connectivity index (χ0n) is 17.9. The van der Waals surface area contributed by atoms with Gasteiger partial charge in [-0.1, -0.05) is 36.4 Å². The van der Waals surface area contributed by atoms with E-state index in [1.54, 1.807) is 18.0 Å². The molecule has 0 aliphatic heterocycles. The van der Waals surface area contributed by atoms with Crippen molar-refractivity contribution < 1.29 is 8.83 Å². The van der Waals surface area contributed by atoms with Crippen molar-refractivity contribution in [3.05, 3.63) is 54.6 Å². The molecule has 2 aliphatic carbocycles. The summed E-state index contributed by atoms with van der Waals surface area (Å²) in [6.45, 7) is 2.31. The summed E-state index contributed by atoms with van der Waals surface area (Å²) in [6.07, 6.45) is 7.11. The largest absolute Gasteiger partial charge is 0.461 e. The van der Waals surface area contributed by atoms with Gasteiger partial charge >= 0.3 is 0 Å². The average Bonchev–Trinajstić information content (AvgIpc) is 3.66. The van der Waals surface area contributed by atoms with E-state index in [4.69, 9.17) is 8.83 Å². The smallest absolute Gasteiger partial charge is 0.247 e. The molecule has 0 radical (unpaired) electrons. The van der Waals surface area contributed by atoms with Crippen molar-refractivity contribution in [3.8, 4) is 23.0 Å². The lowest BCUT2D eigenvalue weighted by atomic mass is 9.84. The van der Waals surface area contributed by atoms with Crippen molar-refractivity contribution in [1.82, 2.24) is 25.0 Å². The van der Waals surface area contributed by atoms with Crippen molar-refractivity contribution in [2.75, 3.05) is 0 Å². The van der Waals surface area contributed by atoms with Crippen LogP contribution >= 0.6 is 11.8 Å². The van der Waals surface area contributed by atoms with Crippen molar-refractivity contribution in [1.29, 1.82) is 0 Å². The third-order valence-corrected chi connectivity index (χ3v) is 7.97. The summed E-state index contributed by atoms with van der Waals surface area (Å²) in [4.78, 5) is 0. The Morgan fingerprint density at radius 3 is 2.69 bits per heavy atom. The second-order valence-electron chi connectivity index (χ2n) is 8.89.